The van der Waals surface area contributed by atoms with Crippen LogP contribution in [0.1, 0.15) is 28.4 Å². The summed E-state index contributed by atoms with van der Waals surface area (Å²) < 4.78 is 43.6. The van der Waals surface area contributed by atoms with Gasteiger partial charge in [0, 0.05) is 12.2 Å². The van der Waals surface area contributed by atoms with E-state index in [-0.39, 0.29) is 18.7 Å². The Labute approximate surface area is 132 Å². The van der Waals surface area contributed by atoms with Gasteiger partial charge in [0.1, 0.15) is 0 Å². The van der Waals surface area contributed by atoms with Crippen molar-refractivity contribution in [3.63, 3.8) is 0 Å². The van der Waals surface area contributed by atoms with E-state index in [1.807, 2.05) is 0 Å². The first kappa shape index (κ1) is 16.9. The molecule has 0 heterocycles. The van der Waals surface area contributed by atoms with Crippen molar-refractivity contribution >= 4 is 11.7 Å². The topological polar surface area (TPSA) is 38.3 Å². The van der Waals surface area contributed by atoms with Crippen LogP contribution in [0.4, 0.5) is 18.9 Å². The lowest BCUT2D eigenvalue weighted by atomic mass is 10.1. The molecular formula is C17H16F3NO2. The van der Waals surface area contributed by atoms with Crippen LogP contribution in [-0.4, -0.2) is 12.6 Å². The monoisotopic (exact) mass is 323 g/mol. The van der Waals surface area contributed by atoms with Gasteiger partial charge < -0.3 is 10.1 Å². The van der Waals surface area contributed by atoms with Crippen LogP contribution in [0.15, 0.2) is 48.5 Å². The normalized spacial score (nSPS) is 11.1. The zero-order valence-electron chi connectivity index (χ0n) is 12.5. The largest absolute Gasteiger partial charge is 0.462 e. The number of benzene rings is 2. The molecule has 6 heteroatoms. The van der Waals surface area contributed by atoms with Gasteiger partial charge in [0.2, 0.25) is 0 Å². The van der Waals surface area contributed by atoms with Gasteiger partial charge in [0.25, 0.3) is 0 Å². The molecule has 0 aliphatic carbocycles. The molecule has 0 amide bonds. The summed E-state index contributed by atoms with van der Waals surface area (Å²) in [5.41, 5.74) is 0.522. The number of hydrogen-bond acceptors (Lipinski definition) is 3. The smallest absolute Gasteiger partial charge is 0.416 e. The Morgan fingerprint density at radius 1 is 1.09 bits per heavy atom. The van der Waals surface area contributed by atoms with Crippen molar-refractivity contribution in [2.24, 2.45) is 0 Å². The van der Waals surface area contributed by atoms with E-state index in [2.05, 4.69) is 5.32 Å². The number of hydrogen-bond donors (Lipinski definition) is 1. The first-order valence-corrected chi connectivity index (χ1v) is 7.08. The van der Waals surface area contributed by atoms with E-state index in [1.54, 1.807) is 37.3 Å². The van der Waals surface area contributed by atoms with Crippen molar-refractivity contribution in [3.8, 4) is 0 Å². The number of esters is 1. The van der Waals surface area contributed by atoms with Gasteiger partial charge in [-0.1, -0.05) is 18.2 Å². The number of carbonyl (C=O) groups excluding carboxylic acids is 1. The van der Waals surface area contributed by atoms with Crippen molar-refractivity contribution in [1.29, 1.82) is 0 Å². The van der Waals surface area contributed by atoms with Crippen LogP contribution in [0.25, 0.3) is 0 Å². The van der Waals surface area contributed by atoms with Crippen LogP contribution in [0.2, 0.25) is 0 Å². The fourth-order valence-corrected chi connectivity index (χ4v) is 2.09. The second kappa shape index (κ2) is 7.17. The third kappa shape index (κ3) is 4.48. The van der Waals surface area contributed by atoms with E-state index in [0.717, 1.165) is 6.07 Å². The molecule has 3 nitrogen and oxygen atoms in total. The lowest BCUT2D eigenvalue weighted by Crippen LogP contribution is -2.11. The molecule has 0 spiro atoms. The minimum Gasteiger partial charge on any atom is -0.462 e. The molecule has 2 aromatic rings. The van der Waals surface area contributed by atoms with Crippen LogP contribution in [0.3, 0.4) is 0 Å². The summed E-state index contributed by atoms with van der Waals surface area (Å²) in [5, 5.41) is 2.92. The summed E-state index contributed by atoms with van der Waals surface area (Å²) in [4.78, 5) is 11.5. The van der Waals surface area contributed by atoms with Crippen molar-refractivity contribution in [2.75, 3.05) is 11.9 Å². The second-order valence-corrected chi connectivity index (χ2v) is 4.81. The molecule has 0 atom stereocenters. The molecule has 0 unspecified atom stereocenters. The zero-order valence-corrected chi connectivity index (χ0v) is 12.5. The molecule has 0 aromatic heterocycles. The van der Waals surface area contributed by atoms with Crippen molar-refractivity contribution in [1.82, 2.24) is 0 Å². The van der Waals surface area contributed by atoms with Gasteiger partial charge in [-0.3, -0.25) is 0 Å². The molecule has 0 aliphatic heterocycles. The van der Waals surface area contributed by atoms with Gasteiger partial charge in [0.15, 0.2) is 0 Å². The van der Waals surface area contributed by atoms with Gasteiger partial charge in [-0.25, -0.2) is 4.79 Å². The van der Waals surface area contributed by atoms with Crippen molar-refractivity contribution in [3.05, 3.63) is 65.2 Å². The number of anilines is 1. The fraction of sp³-hybridized carbons (Fsp3) is 0.235. The van der Waals surface area contributed by atoms with E-state index in [4.69, 9.17) is 4.74 Å². The van der Waals surface area contributed by atoms with Crippen LogP contribution >= 0.6 is 0 Å². The third-order valence-corrected chi connectivity index (χ3v) is 3.20. The van der Waals surface area contributed by atoms with E-state index < -0.39 is 17.7 Å². The highest BCUT2D eigenvalue weighted by atomic mass is 19.4. The summed E-state index contributed by atoms with van der Waals surface area (Å²) >= 11 is 0. The molecule has 0 aliphatic rings. The molecule has 23 heavy (non-hydrogen) atoms. The average molecular weight is 323 g/mol. The Balaban J connectivity index is 2.06. The quantitative estimate of drug-likeness (QED) is 0.824. The predicted molar refractivity (Wildman–Crippen MR) is 81.2 cm³/mol. The minimum atomic E-state index is -4.38. The summed E-state index contributed by atoms with van der Waals surface area (Å²) in [7, 11) is 0. The fourth-order valence-electron chi connectivity index (χ4n) is 2.09. The molecule has 0 fully saturated rings. The summed E-state index contributed by atoms with van der Waals surface area (Å²) in [6.45, 7) is 2.04. The number of ether oxygens (including phenoxy) is 1. The van der Waals surface area contributed by atoms with E-state index in [9.17, 15) is 18.0 Å². The molecule has 122 valence electrons. The minimum absolute atomic E-state index is 0.0361. The van der Waals surface area contributed by atoms with Crippen molar-refractivity contribution < 1.29 is 22.7 Å². The lowest BCUT2D eigenvalue weighted by molar-refractivity contribution is -0.138. The SMILES string of the molecule is CCOC(=O)c1ccc(NCc2ccccc2C(F)(F)F)cc1. The standard InChI is InChI=1S/C17H16F3NO2/c1-2-23-16(22)12-7-9-14(10-8-12)21-11-13-5-3-4-6-15(13)17(18,19)20/h3-10,21H,2,11H2,1H3. The first-order chi connectivity index (χ1) is 10.9. The van der Waals surface area contributed by atoms with Crippen LogP contribution < -0.4 is 5.32 Å². The highest BCUT2D eigenvalue weighted by Crippen LogP contribution is 2.32. The number of carbonyl (C=O) groups is 1. The van der Waals surface area contributed by atoms with E-state index in [0.29, 0.717) is 11.3 Å². The van der Waals surface area contributed by atoms with Gasteiger partial charge in [-0.2, -0.15) is 13.2 Å². The Bertz CT molecular complexity index is 666. The molecule has 2 aromatic carbocycles. The lowest BCUT2D eigenvalue weighted by Gasteiger charge is -2.14. The van der Waals surface area contributed by atoms with Gasteiger partial charge in [-0.15, -0.1) is 0 Å². The molecule has 0 saturated carbocycles. The third-order valence-electron chi connectivity index (χ3n) is 3.20. The number of alkyl halides is 3. The Kier molecular flexibility index (Phi) is 5.26. The number of halogens is 3. The summed E-state index contributed by atoms with van der Waals surface area (Å²) in [5.74, 6) is -0.429. The van der Waals surface area contributed by atoms with Gasteiger partial charge >= 0.3 is 12.1 Å². The predicted octanol–water partition coefficient (Wildman–Crippen LogP) is 4.49. The molecule has 0 saturated heterocycles. The molecule has 0 bridgehead atoms. The number of nitrogens with one attached hydrogen (secondary N) is 1. The maximum Gasteiger partial charge on any atom is 0.416 e. The highest BCUT2D eigenvalue weighted by Gasteiger charge is 2.32. The summed E-state index contributed by atoms with van der Waals surface area (Å²) in [6, 6.07) is 11.8. The van der Waals surface area contributed by atoms with E-state index in [1.165, 1.54) is 12.1 Å². The van der Waals surface area contributed by atoms with Gasteiger partial charge in [-0.05, 0) is 42.8 Å². The molecule has 1 N–H and O–H groups in total. The second-order valence-electron chi connectivity index (χ2n) is 4.81. The van der Waals surface area contributed by atoms with Crippen LogP contribution in [-0.2, 0) is 17.5 Å². The van der Waals surface area contributed by atoms with Crippen LogP contribution in [0.5, 0.6) is 0 Å². The van der Waals surface area contributed by atoms with Crippen molar-refractivity contribution in [2.45, 2.75) is 19.6 Å². The molecule has 2 rings (SSSR count). The first-order valence-electron chi connectivity index (χ1n) is 7.08. The Morgan fingerprint density at radius 3 is 2.35 bits per heavy atom. The summed E-state index contributed by atoms with van der Waals surface area (Å²) in [6.07, 6.45) is -4.38. The maximum atomic E-state index is 12.9. The zero-order chi connectivity index (χ0) is 16.9. The molecular weight excluding hydrogens is 307 g/mol. The van der Waals surface area contributed by atoms with Crippen LogP contribution in [0, 0.1) is 0 Å². The van der Waals surface area contributed by atoms with Gasteiger partial charge in [0.05, 0.1) is 17.7 Å². The highest BCUT2D eigenvalue weighted by molar-refractivity contribution is 5.89. The maximum absolute atomic E-state index is 12.9. The Hall–Kier alpha value is -2.50. The number of rotatable bonds is 5. The Morgan fingerprint density at radius 2 is 1.74 bits per heavy atom. The molecule has 0 radical (unpaired) electrons. The average Bonchev–Trinajstić information content (AvgIpc) is 2.53. The van der Waals surface area contributed by atoms with E-state index >= 15 is 0 Å².